The Balaban J connectivity index is 1.93. The van der Waals surface area contributed by atoms with Gasteiger partial charge in [0, 0.05) is 25.4 Å². The summed E-state index contributed by atoms with van der Waals surface area (Å²) in [6, 6.07) is -0.839. The van der Waals surface area contributed by atoms with Crippen LogP contribution in [-0.4, -0.2) is 46.4 Å². The molecule has 114 valence electrons. The lowest BCUT2D eigenvalue weighted by molar-refractivity contribution is -0.142. The topological polar surface area (TPSA) is 86.7 Å². The average molecular weight is 292 g/mol. The van der Waals surface area contributed by atoms with Gasteiger partial charge >= 0.3 is 5.97 Å². The Bertz CT molecular complexity index is 477. The van der Waals surface area contributed by atoms with Crippen LogP contribution in [0, 0.1) is 18.3 Å². The highest BCUT2D eigenvalue weighted by Crippen LogP contribution is 2.29. The van der Waals surface area contributed by atoms with Crippen molar-refractivity contribution in [3.63, 3.8) is 0 Å². The van der Waals surface area contributed by atoms with Crippen LogP contribution in [0.4, 0.5) is 0 Å². The summed E-state index contributed by atoms with van der Waals surface area (Å²) >= 11 is 0. The summed E-state index contributed by atoms with van der Waals surface area (Å²) < 4.78 is 0. The van der Waals surface area contributed by atoms with E-state index < -0.39 is 23.8 Å². The Hall–Kier alpha value is -2.03. The molecule has 2 unspecified atom stereocenters. The van der Waals surface area contributed by atoms with E-state index in [1.54, 1.807) is 4.90 Å². The lowest BCUT2D eigenvalue weighted by atomic mass is 10.1. The number of terminal acetylenes is 1. The van der Waals surface area contributed by atoms with Crippen LogP contribution in [0.2, 0.25) is 0 Å². The smallest absolute Gasteiger partial charge is 0.327 e. The van der Waals surface area contributed by atoms with E-state index >= 15 is 0 Å². The highest BCUT2D eigenvalue weighted by Gasteiger charge is 2.39. The predicted molar refractivity (Wildman–Crippen MR) is 75.1 cm³/mol. The molecule has 0 aromatic carbocycles. The molecule has 2 aliphatic rings. The van der Waals surface area contributed by atoms with Gasteiger partial charge in [0.2, 0.25) is 11.8 Å². The van der Waals surface area contributed by atoms with Gasteiger partial charge in [-0.2, -0.15) is 0 Å². The molecule has 2 fully saturated rings. The third-order valence-corrected chi connectivity index (χ3v) is 4.23. The first-order valence-electron chi connectivity index (χ1n) is 7.29. The minimum atomic E-state index is -1.15. The van der Waals surface area contributed by atoms with Crippen molar-refractivity contribution in [1.82, 2.24) is 10.2 Å². The summed E-state index contributed by atoms with van der Waals surface area (Å²) in [7, 11) is 0. The summed E-state index contributed by atoms with van der Waals surface area (Å²) in [5.74, 6) is 0.201. The van der Waals surface area contributed by atoms with Crippen molar-refractivity contribution in [3.8, 4) is 12.3 Å². The number of hydrogen-bond acceptors (Lipinski definition) is 3. The van der Waals surface area contributed by atoms with Gasteiger partial charge in [0.1, 0.15) is 6.04 Å². The molecule has 0 aromatic heterocycles. The number of carboxylic acids is 1. The number of aliphatic carboxylic acids is 1. The van der Waals surface area contributed by atoms with Crippen molar-refractivity contribution in [2.75, 3.05) is 6.54 Å². The second kappa shape index (κ2) is 6.61. The number of amides is 2. The number of rotatable bonds is 5. The molecular weight excluding hydrogens is 272 g/mol. The molecule has 2 rings (SSSR count). The van der Waals surface area contributed by atoms with Crippen molar-refractivity contribution in [2.24, 2.45) is 5.92 Å². The second-order valence-electron chi connectivity index (χ2n) is 5.69. The third-order valence-electron chi connectivity index (χ3n) is 4.23. The first-order valence-corrected chi connectivity index (χ1v) is 7.29. The van der Waals surface area contributed by atoms with E-state index in [0.717, 1.165) is 25.7 Å². The van der Waals surface area contributed by atoms with Crippen molar-refractivity contribution >= 4 is 17.8 Å². The third kappa shape index (κ3) is 3.54. The van der Waals surface area contributed by atoms with Crippen LogP contribution >= 0.6 is 0 Å². The van der Waals surface area contributed by atoms with Crippen LogP contribution in [0.3, 0.4) is 0 Å². The SMILES string of the molecule is C#CCC(NC(=O)C1CC(=O)N(C2CCCC2)C1)C(=O)O. The van der Waals surface area contributed by atoms with Crippen molar-refractivity contribution in [1.29, 1.82) is 0 Å². The Labute approximate surface area is 123 Å². The molecule has 2 atom stereocenters. The van der Waals surface area contributed by atoms with Crippen molar-refractivity contribution in [2.45, 2.75) is 50.6 Å². The molecule has 2 N–H and O–H groups in total. The molecule has 6 nitrogen and oxygen atoms in total. The van der Waals surface area contributed by atoms with E-state index in [2.05, 4.69) is 11.2 Å². The summed E-state index contributed by atoms with van der Waals surface area (Å²) in [6.45, 7) is 0.387. The van der Waals surface area contributed by atoms with E-state index in [1.165, 1.54) is 0 Å². The Morgan fingerprint density at radius 3 is 2.67 bits per heavy atom. The maximum Gasteiger partial charge on any atom is 0.327 e. The number of carbonyl (C=O) groups is 3. The van der Waals surface area contributed by atoms with Gasteiger partial charge in [-0.3, -0.25) is 9.59 Å². The Kier molecular flexibility index (Phi) is 4.84. The van der Waals surface area contributed by atoms with E-state index in [-0.39, 0.29) is 24.8 Å². The molecule has 1 saturated carbocycles. The van der Waals surface area contributed by atoms with Gasteiger partial charge in [-0.25, -0.2) is 4.79 Å². The van der Waals surface area contributed by atoms with Crippen LogP contribution in [0.25, 0.3) is 0 Å². The fraction of sp³-hybridized carbons (Fsp3) is 0.667. The van der Waals surface area contributed by atoms with Gasteiger partial charge in [0.05, 0.1) is 5.92 Å². The maximum absolute atomic E-state index is 12.1. The maximum atomic E-state index is 12.1. The molecular formula is C15H20N2O4. The number of nitrogens with zero attached hydrogens (tertiary/aromatic N) is 1. The number of likely N-dealkylation sites (tertiary alicyclic amines) is 1. The lowest BCUT2D eigenvalue weighted by Crippen LogP contribution is -2.44. The highest BCUT2D eigenvalue weighted by molar-refractivity contribution is 5.91. The number of nitrogens with one attached hydrogen (secondary N) is 1. The monoisotopic (exact) mass is 292 g/mol. The van der Waals surface area contributed by atoms with E-state index in [9.17, 15) is 14.4 Å². The normalized spacial score (nSPS) is 23.9. The van der Waals surface area contributed by atoms with Crippen LogP contribution in [-0.2, 0) is 14.4 Å². The molecule has 0 radical (unpaired) electrons. The summed E-state index contributed by atoms with van der Waals surface area (Å²) in [4.78, 5) is 36.9. The van der Waals surface area contributed by atoms with Crippen LogP contribution < -0.4 is 5.32 Å². The molecule has 0 aromatic rings. The van der Waals surface area contributed by atoms with Crippen molar-refractivity contribution < 1.29 is 19.5 Å². The molecule has 0 bridgehead atoms. The number of carboxylic acid groups (broad SMARTS) is 1. The average Bonchev–Trinajstić information content (AvgIpc) is 3.06. The zero-order valence-electron chi connectivity index (χ0n) is 11.9. The molecule has 0 spiro atoms. The molecule has 1 aliphatic heterocycles. The van der Waals surface area contributed by atoms with Crippen molar-refractivity contribution in [3.05, 3.63) is 0 Å². The number of carbonyl (C=O) groups excluding carboxylic acids is 2. The Morgan fingerprint density at radius 1 is 1.43 bits per heavy atom. The van der Waals surface area contributed by atoms with E-state index in [0.29, 0.717) is 6.54 Å². The molecule has 6 heteroatoms. The molecule has 21 heavy (non-hydrogen) atoms. The van der Waals surface area contributed by atoms with Gasteiger partial charge < -0.3 is 15.3 Å². The first kappa shape index (κ1) is 15.4. The van der Waals surface area contributed by atoms with E-state index in [4.69, 9.17) is 11.5 Å². The minimum absolute atomic E-state index is 0.00845. The molecule has 2 amide bonds. The van der Waals surface area contributed by atoms with Crippen LogP contribution in [0.1, 0.15) is 38.5 Å². The summed E-state index contributed by atoms with van der Waals surface area (Å²) in [6.07, 6.45) is 9.42. The van der Waals surface area contributed by atoms with Gasteiger partial charge in [0.15, 0.2) is 0 Å². The van der Waals surface area contributed by atoms with Gasteiger partial charge in [-0.1, -0.05) is 12.8 Å². The predicted octanol–water partition coefficient (Wildman–Crippen LogP) is 0.370. The largest absolute Gasteiger partial charge is 0.480 e. The van der Waals surface area contributed by atoms with Crippen LogP contribution in [0.5, 0.6) is 0 Å². The van der Waals surface area contributed by atoms with Gasteiger partial charge in [0.25, 0.3) is 0 Å². The molecule has 1 saturated heterocycles. The zero-order chi connectivity index (χ0) is 15.4. The fourth-order valence-electron chi connectivity index (χ4n) is 3.08. The van der Waals surface area contributed by atoms with Gasteiger partial charge in [-0.15, -0.1) is 12.3 Å². The summed E-state index contributed by atoms with van der Waals surface area (Å²) in [5.41, 5.74) is 0. The minimum Gasteiger partial charge on any atom is -0.480 e. The van der Waals surface area contributed by atoms with Crippen LogP contribution in [0.15, 0.2) is 0 Å². The highest BCUT2D eigenvalue weighted by atomic mass is 16.4. The standard InChI is InChI=1S/C15H20N2O4/c1-2-5-12(15(20)21)16-14(19)10-8-13(18)17(9-10)11-6-3-4-7-11/h1,10-12H,3-9H2,(H,16,19)(H,20,21). The van der Waals surface area contributed by atoms with Gasteiger partial charge in [-0.05, 0) is 12.8 Å². The van der Waals surface area contributed by atoms with E-state index in [1.807, 2.05) is 0 Å². The first-order chi connectivity index (χ1) is 10.0. The second-order valence-corrected chi connectivity index (χ2v) is 5.69. The molecule has 1 aliphatic carbocycles. The number of hydrogen-bond donors (Lipinski definition) is 2. The summed E-state index contributed by atoms with van der Waals surface area (Å²) in [5, 5.41) is 11.4. The Morgan fingerprint density at radius 2 is 2.10 bits per heavy atom. The zero-order valence-corrected chi connectivity index (χ0v) is 11.9. The lowest BCUT2D eigenvalue weighted by Gasteiger charge is -2.24. The molecule has 1 heterocycles. The fourth-order valence-corrected chi connectivity index (χ4v) is 3.08. The quantitative estimate of drug-likeness (QED) is 0.717.